The summed E-state index contributed by atoms with van der Waals surface area (Å²) in [5.41, 5.74) is 0.661. The molecule has 0 heterocycles. The summed E-state index contributed by atoms with van der Waals surface area (Å²) in [6.07, 6.45) is 13.1. The molecule has 0 nitrogen and oxygen atoms in total. The molecule has 0 aromatic carbocycles. The van der Waals surface area contributed by atoms with Gasteiger partial charge < -0.3 is 0 Å². The first-order valence-electron chi connectivity index (χ1n) is 8.50. The molecule has 0 bridgehead atoms. The minimum atomic E-state index is 0.661. The molecule has 0 N–H and O–H groups in total. The highest BCUT2D eigenvalue weighted by Crippen LogP contribution is 2.51. The SMILES string of the molecule is CCCC(CCCCC(C)C)C1(C)CCCC1C. The van der Waals surface area contributed by atoms with E-state index in [1.165, 1.54) is 57.8 Å². The Balaban J connectivity index is 2.44. The van der Waals surface area contributed by atoms with Gasteiger partial charge in [0.05, 0.1) is 0 Å². The van der Waals surface area contributed by atoms with E-state index in [0.29, 0.717) is 5.41 Å². The Morgan fingerprint density at radius 3 is 2.28 bits per heavy atom. The van der Waals surface area contributed by atoms with Gasteiger partial charge in [-0.15, -0.1) is 0 Å². The maximum atomic E-state index is 2.59. The molecule has 1 fully saturated rings. The number of hydrogen-bond acceptors (Lipinski definition) is 0. The molecule has 0 aromatic rings. The van der Waals surface area contributed by atoms with Crippen molar-refractivity contribution in [2.45, 2.75) is 92.4 Å². The average molecular weight is 252 g/mol. The molecule has 3 atom stereocenters. The van der Waals surface area contributed by atoms with Crippen molar-refractivity contribution in [1.29, 1.82) is 0 Å². The van der Waals surface area contributed by atoms with Gasteiger partial charge >= 0.3 is 0 Å². The van der Waals surface area contributed by atoms with E-state index in [1.54, 1.807) is 0 Å². The fourth-order valence-electron chi connectivity index (χ4n) is 4.07. The fourth-order valence-corrected chi connectivity index (χ4v) is 4.07. The van der Waals surface area contributed by atoms with Crippen LogP contribution in [0.5, 0.6) is 0 Å². The van der Waals surface area contributed by atoms with Crippen molar-refractivity contribution < 1.29 is 0 Å². The van der Waals surface area contributed by atoms with E-state index in [2.05, 4.69) is 34.6 Å². The van der Waals surface area contributed by atoms with Crippen molar-refractivity contribution >= 4 is 0 Å². The Hall–Kier alpha value is 0. The van der Waals surface area contributed by atoms with Crippen LogP contribution in [0, 0.1) is 23.2 Å². The molecule has 108 valence electrons. The van der Waals surface area contributed by atoms with Crippen LogP contribution in [-0.4, -0.2) is 0 Å². The number of rotatable bonds is 8. The average Bonchev–Trinajstić information content (AvgIpc) is 2.64. The Kier molecular flexibility index (Phi) is 6.74. The molecule has 0 aromatic heterocycles. The normalized spacial score (nSPS) is 30.0. The van der Waals surface area contributed by atoms with Gasteiger partial charge in [0.15, 0.2) is 0 Å². The van der Waals surface area contributed by atoms with Crippen LogP contribution in [0.3, 0.4) is 0 Å². The topological polar surface area (TPSA) is 0 Å². The molecule has 1 saturated carbocycles. The highest BCUT2D eigenvalue weighted by Gasteiger charge is 2.41. The molecule has 3 unspecified atom stereocenters. The predicted octanol–water partition coefficient (Wildman–Crippen LogP) is 6.45. The summed E-state index contributed by atoms with van der Waals surface area (Å²) >= 11 is 0. The van der Waals surface area contributed by atoms with E-state index in [0.717, 1.165) is 17.8 Å². The van der Waals surface area contributed by atoms with Gasteiger partial charge in [0.25, 0.3) is 0 Å². The molecule has 0 radical (unpaired) electrons. The molecule has 0 heteroatoms. The van der Waals surface area contributed by atoms with Gasteiger partial charge in [-0.2, -0.15) is 0 Å². The van der Waals surface area contributed by atoms with Crippen LogP contribution in [0.25, 0.3) is 0 Å². The van der Waals surface area contributed by atoms with Gasteiger partial charge in [-0.05, 0) is 36.0 Å². The molecular weight excluding hydrogens is 216 g/mol. The smallest absolute Gasteiger partial charge is 0.0272 e. The first-order chi connectivity index (χ1) is 8.50. The highest BCUT2D eigenvalue weighted by molar-refractivity contribution is 4.91. The van der Waals surface area contributed by atoms with Crippen LogP contribution >= 0.6 is 0 Å². The Bertz CT molecular complexity index is 218. The van der Waals surface area contributed by atoms with Crippen LogP contribution in [0.2, 0.25) is 0 Å². The maximum Gasteiger partial charge on any atom is -0.0272 e. The Morgan fingerprint density at radius 2 is 1.78 bits per heavy atom. The van der Waals surface area contributed by atoms with Crippen molar-refractivity contribution in [2.75, 3.05) is 0 Å². The van der Waals surface area contributed by atoms with E-state index in [-0.39, 0.29) is 0 Å². The summed E-state index contributed by atoms with van der Waals surface area (Å²) in [5, 5.41) is 0. The second-order valence-corrected chi connectivity index (χ2v) is 7.46. The first-order valence-corrected chi connectivity index (χ1v) is 8.50. The van der Waals surface area contributed by atoms with Crippen molar-refractivity contribution in [3.05, 3.63) is 0 Å². The molecule has 0 amide bonds. The van der Waals surface area contributed by atoms with Crippen LogP contribution in [0.15, 0.2) is 0 Å². The Morgan fingerprint density at radius 1 is 1.11 bits per heavy atom. The van der Waals surface area contributed by atoms with Crippen molar-refractivity contribution in [3.8, 4) is 0 Å². The molecular formula is C18H36. The Labute approximate surface area is 116 Å². The summed E-state index contributed by atoms with van der Waals surface area (Å²) in [4.78, 5) is 0. The molecule has 0 spiro atoms. The van der Waals surface area contributed by atoms with E-state index < -0.39 is 0 Å². The zero-order valence-corrected chi connectivity index (χ0v) is 13.6. The summed E-state index contributed by atoms with van der Waals surface area (Å²) in [5.74, 6) is 2.84. The van der Waals surface area contributed by atoms with Gasteiger partial charge in [-0.25, -0.2) is 0 Å². The molecule has 1 rings (SSSR count). The summed E-state index contributed by atoms with van der Waals surface area (Å²) in [7, 11) is 0. The van der Waals surface area contributed by atoms with E-state index in [9.17, 15) is 0 Å². The van der Waals surface area contributed by atoms with Crippen LogP contribution < -0.4 is 0 Å². The standard InChI is InChI=1S/C18H36/c1-6-10-17(13-8-7-11-15(2)3)18(5)14-9-12-16(18)4/h15-17H,6-14H2,1-5H3. The van der Waals surface area contributed by atoms with Crippen LogP contribution in [-0.2, 0) is 0 Å². The second kappa shape index (κ2) is 7.56. The zero-order chi connectivity index (χ0) is 13.6. The fraction of sp³-hybridized carbons (Fsp3) is 1.00. The predicted molar refractivity (Wildman–Crippen MR) is 82.8 cm³/mol. The minimum Gasteiger partial charge on any atom is -0.0654 e. The molecule has 0 aliphatic heterocycles. The summed E-state index contributed by atoms with van der Waals surface area (Å²) in [6, 6.07) is 0. The van der Waals surface area contributed by atoms with Crippen molar-refractivity contribution in [3.63, 3.8) is 0 Å². The molecule has 1 aliphatic rings. The van der Waals surface area contributed by atoms with Crippen LogP contribution in [0.4, 0.5) is 0 Å². The van der Waals surface area contributed by atoms with Crippen LogP contribution in [0.1, 0.15) is 92.4 Å². The number of hydrogen-bond donors (Lipinski definition) is 0. The lowest BCUT2D eigenvalue weighted by atomic mass is 9.67. The van der Waals surface area contributed by atoms with E-state index in [4.69, 9.17) is 0 Å². The second-order valence-electron chi connectivity index (χ2n) is 7.46. The lowest BCUT2D eigenvalue weighted by Gasteiger charge is -2.38. The number of unbranched alkanes of at least 4 members (excludes halogenated alkanes) is 1. The lowest BCUT2D eigenvalue weighted by molar-refractivity contribution is 0.112. The molecule has 18 heavy (non-hydrogen) atoms. The van der Waals surface area contributed by atoms with Gasteiger partial charge in [-0.1, -0.05) is 79.6 Å². The quantitative estimate of drug-likeness (QED) is 0.436. The van der Waals surface area contributed by atoms with Crippen molar-refractivity contribution in [2.24, 2.45) is 23.2 Å². The molecule has 0 saturated heterocycles. The maximum absolute atomic E-state index is 2.59. The van der Waals surface area contributed by atoms with E-state index >= 15 is 0 Å². The van der Waals surface area contributed by atoms with Crippen molar-refractivity contribution in [1.82, 2.24) is 0 Å². The largest absolute Gasteiger partial charge is 0.0654 e. The lowest BCUT2D eigenvalue weighted by Crippen LogP contribution is -2.30. The monoisotopic (exact) mass is 252 g/mol. The third-order valence-corrected chi connectivity index (χ3v) is 5.63. The van der Waals surface area contributed by atoms with Gasteiger partial charge in [-0.3, -0.25) is 0 Å². The van der Waals surface area contributed by atoms with E-state index in [1.807, 2.05) is 0 Å². The third-order valence-electron chi connectivity index (χ3n) is 5.63. The van der Waals surface area contributed by atoms with Gasteiger partial charge in [0, 0.05) is 0 Å². The summed E-state index contributed by atoms with van der Waals surface area (Å²) in [6.45, 7) is 12.2. The molecule has 1 aliphatic carbocycles. The zero-order valence-electron chi connectivity index (χ0n) is 13.6. The third kappa shape index (κ3) is 4.28. The summed E-state index contributed by atoms with van der Waals surface area (Å²) < 4.78 is 0. The van der Waals surface area contributed by atoms with Gasteiger partial charge in [0.2, 0.25) is 0 Å². The first kappa shape index (κ1) is 16.1. The van der Waals surface area contributed by atoms with Gasteiger partial charge in [0.1, 0.15) is 0 Å². The minimum absolute atomic E-state index is 0.661. The highest BCUT2D eigenvalue weighted by atomic mass is 14.5.